The fourth-order valence-electron chi connectivity index (χ4n) is 3.55. The molecule has 0 amide bonds. The molecule has 3 rings (SSSR count). The van der Waals surface area contributed by atoms with Crippen molar-refractivity contribution in [2.24, 2.45) is 0 Å². The minimum atomic E-state index is -0.0636. The van der Waals surface area contributed by atoms with E-state index >= 15 is 0 Å². The summed E-state index contributed by atoms with van der Waals surface area (Å²) in [6, 6.07) is 0. The molecule has 0 bridgehead atoms. The Morgan fingerprint density at radius 3 is 2.65 bits per heavy atom. The minimum absolute atomic E-state index is 0.0636. The molecule has 5 heteroatoms. The van der Waals surface area contributed by atoms with Crippen molar-refractivity contribution in [3.8, 4) is 0 Å². The molecule has 1 aromatic heterocycles. The zero-order chi connectivity index (χ0) is 13.8. The van der Waals surface area contributed by atoms with Crippen molar-refractivity contribution in [2.45, 2.75) is 63.8 Å². The van der Waals surface area contributed by atoms with Crippen molar-refractivity contribution in [1.29, 1.82) is 0 Å². The Hall–Kier alpha value is -1.10. The van der Waals surface area contributed by atoms with Crippen LogP contribution in [0.5, 0.6) is 0 Å². The molecular formula is C15H26N4O. The van der Waals surface area contributed by atoms with E-state index < -0.39 is 0 Å². The lowest BCUT2D eigenvalue weighted by molar-refractivity contribution is 0.241. The molecule has 1 aromatic rings. The van der Waals surface area contributed by atoms with Gasteiger partial charge in [-0.2, -0.15) is 4.98 Å². The molecule has 1 atom stereocenters. The van der Waals surface area contributed by atoms with Gasteiger partial charge in [0.25, 0.3) is 5.95 Å². The predicted molar refractivity (Wildman–Crippen MR) is 78.8 cm³/mol. The first-order valence-corrected chi connectivity index (χ1v) is 8.18. The Balaban J connectivity index is 1.77. The molecular weight excluding hydrogens is 252 g/mol. The maximum atomic E-state index is 5.63. The fraction of sp³-hybridized carbons (Fsp3) is 0.867. The summed E-state index contributed by atoms with van der Waals surface area (Å²) in [4.78, 5) is 7.02. The molecule has 112 valence electrons. The van der Waals surface area contributed by atoms with Crippen molar-refractivity contribution >= 4 is 5.95 Å². The molecule has 0 spiro atoms. The maximum absolute atomic E-state index is 5.63. The van der Waals surface area contributed by atoms with Crippen LogP contribution in [-0.2, 0) is 5.54 Å². The highest BCUT2D eigenvalue weighted by atomic mass is 16.5. The van der Waals surface area contributed by atoms with Crippen molar-refractivity contribution in [3.63, 3.8) is 0 Å². The Morgan fingerprint density at radius 1 is 1.20 bits per heavy atom. The van der Waals surface area contributed by atoms with Gasteiger partial charge >= 0.3 is 0 Å². The third kappa shape index (κ3) is 2.68. The maximum Gasteiger partial charge on any atom is 0.266 e. The summed E-state index contributed by atoms with van der Waals surface area (Å²) in [6.07, 6.45) is 9.64. The van der Waals surface area contributed by atoms with Gasteiger partial charge < -0.3 is 14.7 Å². The van der Waals surface area contributed by atoms with Gasteiger partial charge in [0.05, 0.1) is 5.54 Å². The third-order valence-corrected chi connectivity index (χ3v) is 4.63. The predicted octanol–water partition coefficient (Wildman–Crippen LogP) is 2.83. The molecule has 0 aromatic carbocycles. The molecule has 3 heterocycles. The second-order valence-corrected chi connectivity index (χ2v) is 6.16. The first kappa shape index (κ1) is 13.9. The first-order valence-electron chi connectivity index (χ1n) is 8.18. The second-order valence-electron chi connectivity index (χ2n) is 6.16. The zero-order valence-electron chi connectivity index (χ0n) is 12.5. The van der Waals surface area contributed by atoms with Crippen LogP contribution in [0.2, 0.25) is 0 Å². The number of hydrogen-bond donors (Lipinski definition) is 1. The van der Waals surface area contributed by atoms with Gasteiger partial charge in [0.2, 0.25) is 5.89 Å². The Labute approximate surface area is 121 Å². The Bertz CT molecular complexity index is 417. The summed E-state index contributed by atoms with van der Waals surface area (Å²) in [6.45, 7) is 5.40. The normalized spacial score (nSPS) is 27.8. The summed E-state index contributed by atoms with van der Waals surface area (Å²) < 4.78 is 5.63. The van der Waals surface area contributed by atoms with E-state index in [0.717, 1.165) is 50.7 Å². The Kier molecular flexibility index (Phi) is 4.24. The number of aromatic nitrogens is 2. The third-order valence-electron chi connectivity index (χ3n) is 4.63. The van der Waals surface area contributed by atoms with Crippen LogP contribution >= 0.6 is 0 Å². The van der Waals surface area contributed by atoms with Crippen LogP contribution in [0.1, 0.15) is 64.2 Å². The molecule has 1 N–H and O–H groups in total. The molecule has 2 aliphatic heterocycles. The lowest BCUT2D eigenvalue weighted by Gasteiger charge is -2.24. The molecule has 0 radical (unpaired) electrons. The number of nitrogens with one attached hydrogen (secondary N) is 1. The van der Waals surface area contributed by atoms with Crippen LogP contribution in [0.25, 0.3) is 0 Å². The summed E-state index contributed by atoms with van der Waals surface area (Å²) >= 11 is 0. The smallest absolute Gasteiger partial charge is 0.266 e. The standard InChI is InChI=1S/C15H26N4O/c1-2-8-15(9-7-10-16-15)13-17-14(18-20-13)19-11-5-3-4-6-12-19/h16H,2-12H2,1H3. The van der Waals surface area contributed by atoms with E-state index in [-0.39, 0.29) is 5.54 Å². The summed E-state index contributed by atoms with van der Waals surface area (Å²) in [7, 11) is 0. The molecule has 2 saturated heterocycles. The molecule has 1 unspecified atom stereocenters. The van der Waals surface area contributed by atoms with Crippen molar-refractivity contribution in [1.82, 2.24) is 15.5 Å². The highest BCUT2D eigenvalue weighted by Crippen LogP contribution is 2.35. The van der Waals surface area contributed by atoms with Crippen LogP contribution < -0.4 is 10.2 Å². The van der Waals surface area contributed by atoms with Crippen molar-refractivity contribution in [2.75, 3.05) is 24.5 Å². The molecule has 0 saturated carbocycles. The van der Waals surface area contributed by atoms with E-state index in [0.29, 0.717) is 0 Å². The van der Waals surface area contributed by atoms with Gasteiger partial charge in [-0.05, 0) is 43.8 Å². The van der Waals surface area contributed by atoms with Gasteiger partial charge in [-0.15, -0.1) is 0 Å². The first-order chi connectivity index (χ1) is 9.84. The second kappa shape index (κ2) is 6.12. The van der Waals surface area contributed by atoms with E-state index in [1.54, 1.807) is 0 Å². The van der Waals surface area contributed by atoms with E-state index in [9.17, 15) is 0 Å². The molecule has 5 nitrogen and oxygen atoms in total. The van der Waals surface area contributed by atoms with Crippen LogP contribution in [0, 0.1) is 0 Å². The van der Waals surface area contributed by atoms with Crippen LogP contribution in [0.3, 0.4) is 0 Å². The van der Waals surface area contributed by atoms with Gasteiger partial charge in [0, 0.05) is 13.1 Å². The fourth-order valence-corrected chi connectivity index (χ4v) is 3.55. The lowest BCUT2D eigenvalue weighted by Crippen LogP contribution is -2.37. The van der Waals surface area contributed by atoms with Gasteiger partial charge in [-0.3, -0.25) is 0 Å². The largest absolute Gasteiger partial charge is 0.338 e. The molecule has 2 aliphatic rings. The average Bonchev–Trinajstić information content (AvgIpc) is 3.04. The van der Waals surface area contributed by atoms with E-state index in [2.05, 4.69) is 22.3 Å². The number of anilines is 1. The van der Waals surface area contributed by atoms with Crippen molar-refractivity contribution < 1.29 is 4.52 Å². The van der Waals surface area contributed by atoms with E-state index in [1.165, 1.54) is 32.1 Å². The SMILES string of the molecule is CCCC1(c2nc(N3CCCCCC3)no2)CCCN1. The topological polar surface area (TPSA) is 54.2 Å². The highest BCUT2D eigenvalue weighted by molar-refractivity contribution is 5.29. The monoisotopic (exact) mass is 278 g/mol. The molecule has 0 aliphatic carbocycles. The van der Waals surface area contributed by atoms with Gasteiger partial charge in [-0.1, -0.05) is 26.2 Å². The average molecular weight is 278 g/mol. The van der Waals surface area contributed by atoms with E-state index in [1.807, 2.05) is 0 Å². The summed E-state index contributed by atoms with van der Waals surface area (Å²) in [5.41, 5.74) is -0.0636. The molecule has 20 heavy (non-hydrogen) atoms. The lowest BCUT2D eigenvalue weighted by atomic mass is 9.92. The highest BCUT2D eigenvalue weighted by Gasteiger charge is 2.40. The summed E-state index contributed by atoms with van der Waals surface area (Å²) in [5, 5.41) is 7.85. The van der Waals surface area contributed by atoms with Crippen LogP contribution in [0.4, 0.5) is 5.95 Å². The van der Waals surface area contributed by atoms with Crippen LogP contribution in [0.15, 0.2) is 4.52 Å². The number of rotatable bonds is 4. The van der Waals surface area contributed by atoms with Gasteiger partial charge in [0.15, 0.2) is 0 Å². The number of hydrogen-bond acceptors (Lipinski definition) is 5. The minimum Gasteiger partial charge on any atom is -0.338 e. The van der Waals surface area contributed by atoms with Crippen molar-refractivity contribution in [3.05, 3.63) is 5.89 Å². The van der Waals surface area contributed by atoms with E-state index in [4.69, 9.17) is 9.51 Å². The zero-order valence-corrected chi connectivity index (χ0v) is 12.5. The van der Waals surface area contributed by atoms with Gasteiger partial charge in [0.1, 0.15) is 0 Å². The van der Waals surface area contributed by atoms with Crippen LogP contribution in [-0.4, -0.2) is 29.8 Å². The molecule has 2 fully saturated rings. The Morgan fingerprint density at radius 2 is 2.00 bits per heavy atom. The number of nitrogens with zero attached hydrogens (tertiary/aromatic N) is 3. The quantitative estimate of drug-likeness (QED) is 0.918. The summed E-state index contributed by atoms with van der Waals surface area (Å²) in [5.74, 6) is 1.60. The van der Waals surface area contributed by atoms with Gasteiger partial charge in [-0.25, -0.2) is 0 Å².